The van der Waals surface area contributed by atoms with Gasteiger partial charge in [-0.15, -0.1) is 0 Å². The van der Waals surface area contributed by atoms with Crippen molar-refractivity contribution in [2.75, 3.05) is 0 Å². The minimum atomic E-state index is -0.344. The molecule has 0 saturated heterocycles. The molecule has 0 heterocycles. The van der Waals surface area contributed by atoms with Crippen LogP contribution >= 0.6 is 0 Å². The third-order valence-corrected chi connectivity index (χ3v) is 2.92. The van der Waals surface area contributed by atoms with E-state index in [0.717, 1.165) is 0 Å². The van der Waals surface area contributed by atoms with Crippen LogP contribution in [0.2, 0.25) is 0 Å². The van der Waals surface area contributed by atoms with Crippen LogP contribution in [0.1, 0.15) is 15.9 Å². The van der Waals surface area contributed by atoms with Crippen molar-refractivity contribution in [2.45, 2.75) is 0 Å². The van der Waals surface area contributed by atoms with Crippen molar-refractivity contribution in [3.8, 4) is 28.4 Å². The van der Waals surface area contributed by atoms with E-state index in [1.165, 1.54) is 18.2 Å². The quantitative estimate of drug-likeness (QED) is 0.514. The van der Waals surface area contributed by atoms with E-state index in [1.807, 2.05) is 0 Å². The molecule has 0 aliphatic heterocycles. The predicted molar refractivity (Wildman–Crippen MR) is 60.3 cm³/mol. The summed E-state index contributed by atoms with van der Waals surface area (Å²) in [4.78, 5) is 12.0. The molecular formula is C13H8O4. The van der Waals surface area contributed by atoms with E-state index < -0.39 is 0 Å². The van der Waals surface area contributed by atoms with Crippen LogP contribution in [0.15, 0.2) is 30.3 Å². The molecule has 2 aromatic rings. The molecule has 2 aromatic carbocycles. The first-order chi connectivity index (χ1) is 8.09. The second-order valence-electron chi connectivity index (χ2n) is 3.92. The number of hydrogen-bond acceptors (Lipinski definition) is 4. The van der Waals surface area contributed by atoms with Gasteiger partial charge in [0, 0.05) is 5.56 Å². The molecule has 84 valence electrons. The molecule has 0 unspecified atom stereocenters. The van der Waals surface area contributed by atoms with Crippen LogP contribution in [0.4, 0.5) is 0 Å². The van der Waals surface area contributed by atoms with Crippen molar-refractivity contribution in [1.82, 2.24) is 0 Å². The van der Waals surface area contributed by atoms with Crippen LogP contribution in [-0.2, 0) is 0 Å². The van der Waals surface area contributed by atoms with Crippen molar-refractivity contribution in [3.63, 3.8) is 0 Å². The number of phenols is 3. The molecule has 1 aliphatic rings. The van der Waals surface area contributed by atoms with E-state index in [1.54, 1.807) is 12.1 Å². The molecule has 3 N–H and O–H groups in total. The largest absolute Gasteiger partial charge is 0.507 e. The topological polar surface area (TPSA) is 77.8 Å². The smallest absolute Gasteiger partial charge is 0.198 e. The first-order valence-electron chi connectivity index (χ1n) is 5.02. The highest BCUT2D eigenvalue weighted by Crippen LogP contribution is 2.44. The predicted octanol–water partition coefficient (Wildman–Crippen LogP) is 2.01. The molecule has 0 atom stereocenters. The van der Waals surface area contributed by atoms with E-state index >= 15 is 0 Å². The SMILES string of the molecule is O=C1c2cc(O)c(O)cc2-c2cccc(O)c21. The fourth-order valence-electron chi connectivity index (χ4n) is 2.13. The highest BCUT2D eigenvalue weighted by atomic mass is 16.3. The molecule has 4 nitrogen and oxygen atoms in total. The van der Waals surface area contributed by atoms with Gasteiger partial charge in [-0.25, -0.2) is 0 Å². The van der Waals surface area contributed by atoms with E-state index in [0.29, 0.717) is 11.1 Å². The Bertz CT molecular complexity index is 659. The molecule has 3 rings (SSSR count). The van der Waals surface area contributed by atoms with Crippen molar-refractivity contribution in [3.05, 3.63) is 41.5 Å². The van der Waals surface area contributed by atoms with Gasteiger partial charge in [0.1, 0.15) is 5.75 Å². The lowest BCUT2D eigenvalue weighted by Crippen LogP contribution is -1.95. The molecule has 0 radical (unpaired) electrons. The van der Waals surface area contributed by atoms with Gasteiger partial charge in [0.15, 0.2) is 17.3 Å². The first kappa shape index (κ1) is 9.72. The van der Waals surface area contributed by atoms with Crippen LogP contribution in [0.5, 0.6) is 17.2 Å². The van der Waals surface area contributed by atoms with Crippen LogP contribution in [0, 0.1) is 0 Å². The van der Waals surface area contributed by atoms with E-state index in [-0.39, 0.29) is 34.2 Å². The number of phenolic OH excluding ortho intramolecular Hbond substituents is 3. The molecule has 0 bridgehead atoms. The Morgan fingerprint density at radius 3 is 2.12 bits per heavy atom. The second kappa shape index (κ2) is 3.01. The van der Waals surface area contributed by atoms with Gasteiger partial charge in [-0.2, -0.15) is 0 Å². The van der Waals surface area contributed by atoms with Gasteiger partial charge in [-0.1, -0.05) is 12.1 Å². The highest BCUT2D eigenvalue weighted by molar-refractivity contribution is 6.23. The molecule has 4 heteroatoms. The molecule has 1 aliphatic carbocycles. The Kier molecular flexibility index (Phi) is 1.72. The molecule has 0 saturated carbocycles. The number of hydrogen-bond donors (Lipinski definition) is 3. The fraction of sp³-hybridized carbons (Fsp3) is 0. The number of fused-ring (bicyclic) bond motifs is 3. The average molecular weight is 228 g/mol. The van der Waals surface area contributed by atoms with Crippen LogP contribution in [-0.4, -0.2) is 21.1 Å². The number of carbonyl (C=O) groups is 1. The maximum Gasteiger partial charge on any atom is 0.198 e. The number of benzene rings is 2. The minimum absolute atomic E-state index is 0.0947. The number of aromatic hydroxyl groups is 3. The summed E-state index contributed by atoms with van der Waals surface area (Å²) in [6.07, 6.45) is 0. The zero-order chi connectivity index (χ0) is 12.2. The molecule has 0 amide bonds. The van der Waals surface area contributed by atoms with Crippen LogP contribution in [0.25, 0.3) is 11.1 Å². The summed E-state index contributed by atoms with van der Waals surface area (Å²) < 4.78 is 0. The van der Waals surface area contributed by atoms with Crippen molar-refractivity contribution in [1.29, 1.82) is 0 Å². The maximum atomic E-state index is 12.0. The summed E-state index contributed by atoms with van der Waals surface area (Å²) >= 11 is 0. The van der Waals surface area contributed by atoms with Crippen LogP contribution in [0.3, 0.4) is 0 Å². The Hall–Kier alpha value is -2.49. The summed E-state index contributed by atoms with van der Waals surface area (Å²) in [6, 6.07) is 7.29. The lowest BCUT2D eigenvalue weighted by atomic mass is 10.1. The van der Waals surface area contributed by atoms with Gasteiger partial charge in [-0.05, 0) is 29.3 Å². The van der Waals surface area contributed by atoms with Crippen molar-refractivity contribution < 1.29 is 20.1 Å². The van der Waals surface area contributed by atoms with E-state index in [2.05, 4.69) is 0 Å². The lowest BCUT2D eigenvalue weighted by molar-refractivity contribution is 0.104. The highest BCUT2D eigenvalue weighted by Gasteiger charge is 2.30. The van der Waals surface area contributed by atoms with Crippen LogP contribution < -0.4 is 0 Å². The third-order valence-electron chi connectivity index (χ3n) is 2.92. The Morgan fingerprint density at radius 2 is 1.41 bits per heavy atom. The lowest BCUT2D eigenvalue weighted by Gasteiger charge is -2.02. The Labute approximate surface area is 96.4 Å². The van der Waals surface area contributed by atoms with E-state index in [9.17, 15) is 20.1 Å². The monoisotopic (exact) mass is 228 g/mol. The summed E-state index contributed by atoms with van der Waals surface area (Å²) in [7, 11) is 0. The minimum Gasteiger partial charge on any atom is -0.507 e. The van der Waals surface area contributed by atoms with Crippen molar-refractivity contribution in [2.24, 2.45) is 0 Å². The Balaban J connectivity index is 2.40. The number of carbonyl (C=O) groups excluding carboxylic acids is 1. The zero-order valence-electron chi connectivity index (χ0n) is 8.64. The summed E-state index contributed by atoms with van der Waals surface area (Å²) in [5, 5.41) is 28.5. The molecule has 0 aromatic heterocycles. The third kappa shape index (κ3) is 1.15. The average Bonchev–Trinajstić information content (AvgIpc) is 2.56. The normalized spacial score (nSPS) is 12.4. The fourth-order valence-corrected chi connectivity index (χ4v) is 2.13. The van der Waals surface area contributed by atoms with Gasteiger partial charge >= 0.3 is 0 Å². The van der Waals surface area contributed by atoms with Gasteiger partial charge < -0.3 is 15.3 Å². The van der Waals surface area contributed by atoms with Gasteiger partial charge in [-0.3, -0.25) is 4.79 Å². The molecule has 0 fully saturated rings. The molecule has 0 spiro atoms. The number of ketones is 1. The maximum absolute atomic E-state index is 12.0. The molecular weight excluding hydrogens is 220 g/mol. The number of rotatable bonds is 0. The molecule has 17 heavy (non-hydrogen) atoms. The standard InChI is InChI=1S/C13H8O4/c14-9-3-1-2-6-7-4-10(15)11(16)5-8(7)13(17)12(6)9/h1-5,14-16H. The summed E-state index contributed by atoms with van der Waals surface area (Å²) in [6.45, 7) is 0. The summed E-state index contributed by atoms with van der Waals surface area (Å²) in [5.41, 5.74) is 1.60. The van der Waals surface area contributed by atoms with E-state index in [4.69, 9.17) is 0 Å². The Morgan fingerprint density at radius 1 is 0.765 bits per heavy atom. The first-order valence-corrected chi connectivity index (χ1v) is 5.02. The van der Waals surface area contributed by atoms with Gasteiger partial charge in [0.2, 0.25) is 0 Å². The zero-order valence-corrected chi connectivity index (χ0v) is 8.64. The van der Waals surface area contributed by atoms with Crippen molar-refractivity contribution >= 4 is 5.78 Å². The summed E-state index contributed by atoms with van der Waals surface area (Å²) in [5.74, 6) is -1.07. The van der Waals surface area contributed by atoms with Gasteiger partial charge in [0.05, 0.1) is 5.56 Å². The second-order valence-corrected chi connectivity index (χ2v) is 3.92. The van der Waals surface area contributed by atoms with Gasteiger partial charge in [0.25, 0.3) is 0 Å².